The van der Waals surface area contributed by atoms with Crippen molar-refractivity contribution in [1.82, 2.24) is 15.0 Å². The average molecular weight is 491 g/mol. The number of carbonyl (C=O) groups is 2. The number of carboxylic acids is 1. The molecule has 2 aromatic carbocycles. The van der Waals surface area contributed by atoms with Crippen LogP contribution < -0.4 is 20.5 Å². The highest BCUT2D eigenvalue weighted by atomic mass is 32.2. The van der Waals surface area contributed by atoms with Crippen molar-refractivity contribution >= 4 is 38.4 Å². The number of ether oxygens (including phenoxy) is 1. The standard InChI is InChI=1S/C21H22N4O6S2/c22-21-24-15(13-32-21)10-11-31-16-8-6-14(7-9-16)19(26)23-12-18(20(27)28)25-33(29,30)17-4-2-1-3-5-17/h1-9,13,18,25H,10-12H2,(H2,22,24)(H,23,26)(H,27,28)/t18-/m0/s1. The van der Waals surface area contributed by atoms with Gasteiger partial charge in [-0.2, -0.15) is 4.72 Å². The lowest BCUT2D eigenvalue weighted by molar-refractivity contribution is -0.138. The van der Waals surface area contributed by atoms with Crippen molar-refractivity contribution in [3.63, 3.8) is 0 Å². The molecule has 3 rings (SSSR count). The van der Waals surface area contributed by atoms with Gasteiger partial charge < -0.3 is 20.9 Å². The first kappa shape index (κ1) is 24.2. The lowest BCUT2D eigenvalue weighted by Crippen LogP contribution is -2.48. The SMILES string of the molecule is Nc1nc(CCOc2ccc(C(=O)NC[C@H](NS(=O)(=O)c3ccccc3)C(=O)O)cc2)cs1. The lowest BCUT2D eigenvalue weighted by atomic mass is 10.2. The molecule has 1 atom stereocenters. The highest BCUT2D eigenvalue weighted by Gasteiger charge is 2.26. The van der Waals surface area contributed by atoms with Gasteiger partial charge in [0.05, 0.1) is 17.2 Å². The number of rotatable bonds is 11. The highest BCUT2D eigenvalue weighted by Crippen LogP contribution is 2.15. The number of benzene rings is 2. The van der Waals surface area contributed by atoms with Gasteiger partial charge in [0.2, 0.25) is 10.0 Å². The summed E-state index contributed by atoms with van der Waals surface area (Å²) in [7, 11) is -4.06. The van der Waals surface area contributed by atoms with Crippen LogP contribution in [0.3, 0.4) is 0 Å². The minimum absolute atomic E-state index is 0.0728. The van der Waals surface area contributed by atoms with Crippen molar-refractivity contribution in [3.05, 3.63) is 71.2 Å². The predicted molar refractivity (Wildman–Crippen MR) is 123 cm³/mol. The maximum atomic E-state index is 12.4. The Labute approximate surface area is 194 Å². The van der Waals surface area contributed by atoms with Gasteiger partial charge in [0.25, 0.3) is 5.91 Å². The molecule has 0 radical (unpaired) electrons. The van der Waals surface area contributed by atoms with Gasteiger partial charge in [0, 0.05) is 23.9 Å². The highest BCUT2D eigenvalue weighted by molar-refractivity contribution is 7.89. The monoisotopic (exact) mass is 490 g/mol. The molecule has 10 nitrogen and oxygen atoms in total. The second-order valence-electron chi connectivity index (χ2n) is 6.84. The molecule has 0 aliphatic rings. The molecule has 1 aromatic heterocycles. The van der Waals surface area contributed by atoms with Crippen molar-refractivity contribution < 1.29 is 27.9 Å². The van der Waals surface area contributed by atoms with Crippen molar-refractivity contribution in [1.29, 1.82) is 0 Å². The number of aliphatic carboxylic acids is 1. The van der Waals surface area contributed by atoms with E-state index in [0.717, 1.165) is 5.69 Å². The number of carboxylic acid groups (broad SMARTS) is 1. The number of carbonyl (C=O) groups excluding carboxylic acids is 1. The summed E-state index contributed by atoms with van der Waals surface area (Å²) in [5, 5.41) is 14.2. The maximum absolute atomic E-state index is 12.4. The van der Waals surface area contributed by atoms with Gasteiger partial charge in [0.1, 0.15) is 11.8 Å². The van der Waals surface area contributed by atoms with Crippen LogP contribution in [0.4, 0.5) is 5.13 Å². The quantitative estimate of drug-likeness (QED) is 0.314. The van der Waals surface area contributed by atoms with Crippen molar-refractivity contribution in [2.45, 2.75) is 17.4 Å². The van der Waals surface area contributed by atoms with Gasteiger partial charge in [0.15, 0.2) is 5.13 Å². The second kappa shape index (κ2) is 10.9. The van der Waals surface area contributed by atoms with E-state index in [9.17, 15) is 23.1 Å². The Balaban J connectivity index is 1.52. The molecule has 174 valence electrons. The van der Waals surface area contributed by atoms with E-state index in [1.807, 2.05) is 5.38 Å². The summed E-state index contributed by atoms with van der Waals surface area (Å²) in [5.74, 6) is -1.42. The molecule has 0 aliphatic carbocycles. The number of hydrogen-bond donors (Lipinski definition) is 4. The maximum Gasteiger partial charge on any atom is 0.323 e. The number of sulfonamides is 1. The van der Waals surface area contributed by atoms with E-state index in [1.54, 1.807) is 18.2 Å². The number of thiazole rings is 1. The number of nitrogens with one attached hydrogen (secondary N) is 2. The van der Waals surface area contributed by atoms with Gasteiger partial charge in [-0.15, -0.1) is 11.3 Å². The third-order valence-corrected chi connectivity index (χ3v) is 6.64. The first-order valence-electron chi connectivity index (χ1n) is 9.76. The van der Waals surface area contributed by atoms with Gasteiger partial charge in [-0.25, -0.2) is 13.4 Å². The molecular formula is C21H22N4O6S2. The summed E-state index contributed by atoms with van der Waals surface area (Å²) in [4.78, 5) is 28.0. The third kappa shape index (κ3) is 7.00. The minimum atomic E-state index is -4.06. The summed E-state index contributed by atoms with van der Waals surface area (Å²) < 4.78 is 32.4. The largest absolute Gasteiger partial charge is 0.493 e. The van der Waals surface area contributed by atoms with E-state index in [1.165, 1.54) is 47.7 Å². The Kier molecular flexibility index (Phi) is 7.98. The second-order valence-corrected chi connectivity index (χ2v) is 9.44. The summed E-state index contributed by atoms with van der Waals surface area (Å²) in [6.45, 7) is -0.0498. The van der Waals surface area contributed by atoms with E-state index in [4.69, 9.17) is 10.5 Å². The molecule has 0 unspecified atom stereocenters. The first-order valence-corrected chi connectivity index (χ1v) is 12.1. The molecule has 1 amide bonds. The smallest absolute Gasteiger partial charge is 0.323 e. The van der Waals surface area contributed by atoms with E-state index in [2.05, 4.69) is 15.0 Å². The van der Waals surface area contributed by atoms with E-state index >= 15 is 0 Å². The molecule has 1 heterocycles. The number of nitrogens with two attached hydrogens (primary N) is 1. The normalized spacial score (nSPS) is 12.1. The van der Waals surface area contributed by atoms with E-state index in [-0.39, 0.29) is 10.5 Å². The number of amides is 1. The predicted octanol–water partition coefficient (Wildman–Crippen LogP) is 1.51. The molecule has 3 aromatic rings. The fourth-order valence-corrected chi connectivity index (χ4v) is 4.55. The summed E-state index contributed by atoms with van der Waals surface area (Å²) in [6, 6.07) is 12.1. The van der Waals surface area contributed by atoms with Crippen molar-refractivity contribution in [2.24, 2.45) is 0 Å². The summed E-state index contributed by atoms with van der Waals surface area (Å²) >= 11 is 1.36. The van der Waals surface area contributed by atoms with Crippen LogP contribution in [0.5, 0.6) is 5.75 Å². The van der Waals surface area contributed by atoms with E-state index < -0.39 is 34.5 Å². The molecule has 0 spiro atoms. The zero-order valence-corrected chi connectivity index (χ0v) is 18.9. The van der Waals surface area contributed by atoms with Crippen LogP contribution in [-0.2, 0) is 21.2 Å². The number of aromatic nitrogens is 1. The van der Waals surface area contributed by atoms with Crippen LogP contribution in [0.15, 0.2) is 64.9 Å². The van der Waals surface area contributed by atoms with Crippen LogP contribution in [0.2, 0.25) is 0 Å². The Morgan fingerprint density at radius 3 is 2.42 bits per heavy atom. The molecular weight excluding hydrogens is 468 g/mol. The average Bonchev–Trinajstić information content (AvgIpc) is 3.22. The van der Waals surface area contributed by atoms with Crippen LogP contribution in [0.25, 0.3) is 0 Å². The zero-order chi connectivity index (χ0) is 23.8. The summed E-state index contributed by atoms with van der Waals surface area (Å²) in [5.41, 5.74) is 6.69. The molecule has 12 heteroatoms. The Morgan fingerprint density at radius 1 is 1.12 bits per heavy atom. The molecule has 0 bridgehead atoms. The number of nitrogens with zero attached hydrogens (tertiary/aromatic N) is 1. The third-order valence-electron chi connectivity index (χ3n) is 4.43. The number of hydrogen-bond acceptors (Lipinski definition) is 8. The molecule has 0 fully saturated rings. The molecule has 5 N–H and O–H groups in total. The van der Waals surface area contributed by atoms with Gasteiger partial charge in [-0.3, -0.25) is 9.59 Å². The fourth-order valence-electron chi connectivity index (χ4n) is 2.74. The topological polar surface area (TPSA) is 161 Å². The molecule has 0 saturated heterocycles. The number of anilines is 1. The van der Waals surface area contributed by atoms with Gasteiger partial charge >= 0.3 is 5.97 Å². The fraction of sp³-hybridized carbons (Fsp3) is 0.190. The van der Waals surface area contributed by atoms with Gasteiger partial charge in [-0.05, 0) is 36.4 Å². The summed E-state index contributed by atoms with van der Waals surface area (Å²) in [6.07, 6.45) is 0.589. The lowest BCUT2D eigenvalue weighted by Gasteiger charge is -2.16. The Bertz CT molecular complexity index is 1200. The zero-order valence-electron chi connectivity index (χ0n) is 17.3. The van der Waals surface area contributed by atoms with Crippen LogP contribution >= 0.6 is 11.3 Å². The van der Waals surface area contributed by atoms with Crippen molar-refractivity contribution in [3.8, 4) is 5.75 Å². The number of nitrogen functional groups attached to an aromatic ring is 1. The van der Waals surface area contributed by atoms with Crippen LogP contribution in [0, 0.1) is 0 Å². The van der Waals surface area contributed by atoms with E-state index in [0.29, 0.717) is 23.9 Å². The molecule has 33 heavy (non-hydrogen) atoms. The Morgan fingerprint density at radius 2 is 1.82 bits per heavy atom. The molecule has 0 aliphatic heterocycles. The van der Waals surface area contributed by atoms with Crippen LogP contribution in [-0.4, -0.2) is 49.6 Å². The minimum Gasteiger partial charge on any atom is -0.493 e. The van der Waals surface area contributed by atoms with Crippen molar-refractivity contribution in [2.75, 3.05) is 18.9 Å². The molecule has 0 saturated carbocycles. The first-order chi connectivity index (χ1) is 15.7. The Hall–Kier alpha value is -3.48. The van der Waals surface area contributed by atoms with Crippen LogP contribution in [0.1, 0.15) is 16.1 Å². The van der Waals surface area contributed by atoms with Gasteiger partial charge in [-0.1, -0.05) is 18.2 Å².